The van der Waals surface area contributed by atoms with E-state index in [-0.39, 0.29) is 15.5 Å². The summed E-state index contributed by atoms with van der Waals surface area (Å²) in [6.45, 7) is 2.24. The molecule has 1 rings (SSSR count). The van der Waals surface area contributed by atoms with Crippen molar-refractivity contribution >= 4 is 21.6 Å². The smallest absolute Gasteiger partial charge is 0.211 e. The van der Waals surface area contributed by atoms with Crippen LogP contribution in [0.5, 0.6) is 0 Å². The van der Waals surface area contributed by atoms with E-state index in [1.807, 2.05) is 13.0 Å². The van der Waals surface area contributed by atoms with Crippen molar-refractivity contribution in [3.05, 3.63) is 28.8 Å². The van der Waals surface area contributed by atoms with Crippen LogP contribution >= 0.6 is 11.6 Å². The lowest BCUT2D eigenvalue weighted by atomic mass is 10.2. The van der Waals surface area contributed by atoms with Gasteiger partial charge in [-0.1, -0.05) is 18.5 Å². The highest BCUT2D eigenvalue weighted by molar-refractivity contribution is 7.89. The molecule has 6 heteroatoms. The van der Waals surface area contributed by atoms with Gasteiger partial charge in [-0.15, -0.1) is 0 Å². The Balaban J connectivity index is 3.07. The zero-order valence-corrected chi connectivity index (χ0v) is 10.3. The third kappa shape index (κ3) is 2.95. The van der Waals surface area contributed by atoms with E-state index < -0.39 is 10.0 Å². The van der Waals surface area contributed by atoms with Gasteiger partial charge in [-0.25, -0.2) is 13.1 Å². The van der Waals surface area contributed by atoms with Gasteiger partial charge in [0.1, 0.15) is 6.07 Å². The Hall–Kier alpha value is -1.09. The fourth-order valence-electron chi connectivity index (χ4n) is 1.07. The number of nitrogens with one attached hydrogen (secondary N) is 1. The van der Waals surface area contributed by atoms with E-state index >= 15 is 0 Å². The molecule has 86 valence electrons. The quantitative estimate of drug-likeness (QED) is 0.897. The second kappa shape index (κ2) is 5.30. The Kier molecular flexibility index (Phi) is 4.30. The molecule has 0 amide bonds. The minimum absolute atomic E-state index is 0.0740. The van der Waals surface area contributed by atoms with Crippen LogP contribution in [0.4, 0.5) is 0 Å². The summed E-state index contributed by atoms with van der Waals surface area (Å²) in [7, 11) is -3.51. The standard InChI is InChI=1S/C10H11ClN2O2S/c1-2-5-13-16(14,15)9-4-3-8(7-12)10(11)6-9/h3-4,6,13H,2,5H2,1H3. The molecule has 1 aromatic rings. The molecule has 0 saturated heterocycles. The minimum atomic E-state index is -3.51. The first-order chi connectivity index (χ1) is 7.51. The second-order valence-electron chi connectivity index (χ2n) is 3.15. The average Bonchev–Trinajstić information content (AvgIpc) is 2.26. The average molecular weight is 259 g/mol. The molecular weight excluding hydrogens is 248 g/mol. The van der Waals surface area contributed by atoms with E-state index in [2.05, 4.69) is 4.72 Å². The maximum atomic E-state index is 11.7. The van der Waals surface area contributed by atoms with Gasteiger partial charge in [0.25, 0.3) is 0 Å². The summed E-state index contributed by atoms with van der Waals surface area (Å²) in [5.74, 6) is 0. The fraction of sp³-hybridized carbons (Fsp3) is 0.300. The first-order valence-corrected chi connectivity index (χ1v) is 6.56. The largest absolute Gasteiger partial charge is 0.240 e. The molecule has 0 aliphatic rings. The number of halogens is 1. The molecule has 0 saturated carbocycles. The van der Waals surface area contributed by atoms with Crippen LogP contribution in [0.3, 0.4) is 0 Å². The summed E-state index contributed by atoms with van der Waals surface area (Å²) in [6.07, 6.45) is 0.712. The maximum absolute atomic E-state index is 11.7. The summed E-state index contributed by atoms with van der Waals surface area (Å²) >= 11 is 5.75. The van der Waals surface area contributed by atoms with Gasteiger partial charge in [0.15, 0.2) is 0 Å². The first-order valence-electron chi connectivity index (χ1n) is 4.70. The molecule has 0 bridgehead atoms. The topological polar surface area (TPSA) is 70.0 Å². The number of hydrogen-bond donors (Lipinski definition) is 1. The Bertz CT molecular complexity index is 520. The Morgan fingerprint density at radius 1 is 1.50 bits per heavy atom. The summed E-state index contributed by atoms with van der Waals surface area (Å²) in [4.78, 5) is 0.0740. The van der Waals surface area contributed by atoms with Crippen LogP contribution in [-0.2, 0) is 10.0 Å². The van der Waals surface area contributed by atoms with Gasteiger partial charge in [0, 0.05) is 6.54 Å². The van der Waals surface area contributed by atoms with Crippen molar-refractivity contribution in [3.63, 3.8) is 0 Å². The van der Waals surface area contributed by atoms with Crippen LogP contribution in [-0.4, -0.2) is 15.0 Å². The molecule has 0 atom stereocenters. The number of sulfonamides is 1. The van der Waals surface area contributed by atoms with Gasteiger partial charge in [-0.05, 0) is 24.6 Å². The van der Waals surface area contributed by atoms with Crippen molar-refractivity contribution in [3.8, 4) is 6.07 Å². The molecule has 0 radical (unpaired) electrons. The molecule has 0 spiro atoms. The number of hydrogen-bond acceptors (Lipinski definition) is 3. The molecule has 0 unspecified atom stereocenters. The van der Waals surface area contributed by atoms with Crippen molar-refractivity contribution in [2.75, 3.05) is 6.54 Å². The van der Waals surface area contributed by atoms with Crippen molar-refractivity contribution < 1.29 is 8.42 Å². The van der Waals surface area contributed by atoms with E-state index in [0.717, 1.165) is 0 Å². The number of nitrogens with zero attached hydrogens (tertiary/aromatic N) is 1. The van der Waals surface area contributed by atoms with Crippen molar-refractivity contribution in [1.82, 2.24) is 4.72 Å². The lowest BCUT2D eigenvalue weighted by Gasteiger charge is -2.06. The number of nitriles is 1. The van der Waals surface area contributed by atoms with Crippen LogP contribution in [0.15, 0.2) is 23.1 Å². The lowest BCUT2D eigenvalue weighted by Crippen LogP contribution is -2.24. The first kappa shape index (κ1) is 13.0. The Labute approximate surface area is 99.9 Å². The van der Waals surface area contributed by atoms with Crippen LogP contribution in [0, 0.1) is 11.3 Å². The lowest BCUT2D eigenvalue weighted by molar-refractivity contribution is 0.581. The van der Waals surface area contributed by atoms with Gasteiger partial charge in [-0.2, -0.15) is 5.26 Å². The minimum Gasteiger partial charge on any atom is -0.211 e. The van der Waals surface area contributed by atoms with Crippen molar-refractivity contribution in [2.45, 2.75) is 18.2 Å². The van der Waals surface area contributed by atoms with Crippen molar-refractivity contribution in [2.24, 2.45) is 0 Å². The van der Waals surface area contributed by atoms with Crippen LogP contribution in [0.25, 0.3) is 0 Å². The summed E-state index contributed by atoms with van der Waals surface area (Å²) in [5.41, 5.74) is 0.260. The van der Waals surface area contributed by atoms with Gasteiger partial charge in [0.2, 0.25) is 10.0 Å². The van der Waals surface area contributed by atoms with Crippen LogP contribution < -0.4 is 4.72 Å². The predicted octanol–water partition coefficient (Wildman–Crippen LogP) is 1.90. The van der Waals surface area contributed by atoms with E-state index in [1.165, 1.54) is 18.2 Å². The number of benzene rings is 1. The SMILES string of the molecule is CCCNS(=O)(=O)c1ccc(C#N)c(Cl)c1. The highest BCUT2D eigenvalue weighted by atomic mass is 35.5. The highest BCUT2D eigenvalue weighted by Crippen LogP contribution is 2.19. The van der Waals surface area contributed by atoms with Gasteiger partial charge in [-0.3, -0.25) is 0 Å². The van der Waals surface area contributed by atoms with Crippen molar-refractivity contribution in [1.29, 1.82) is 5.26 Å². The molecule has 16 heavy (non-hydrogen) atoms. The zero-order valence-electron chi connectivity index (χ0n) is 8.70. The monoisotopic (exact) mass is 258 g/mol. The highest BCUT2D eigenvalue weighted by Gasteiger charge is 2.14. The summed E-state index contributed by atoms with van der Waals surface area (Å²) in [5, 5.41) is 8.79. The molecule has 0 heterocycles. The molecule has 1 aromatic carbocycles. The predicted molar refractivity (Wildman–Crippen MR) is 61.6 cm³/mol. The van der Waals surface area contributed by atoms with Crippen LogP contribution in [0.1, 0.15) is 18.9 Å². The normalized spacial score (nSPS) is 11.1. The molecule has 0 aliphatic heterocycles. The second-order valence-corrected chi connectivity index (χ2v) is 5.33. The zero-order chi connectivity index (χ0) is 12.2. The maximum Gasteiger partial charge on any atom is 0.240 e. The summed E-state index contributed by atoms with van der Waals surface area (Å²) in [6, 6.07) is 5.90. The third-order valence-electron chi connectivity index (χ3n) is 1.91. The van der Waals surface area contributed by atoms with Gasteiger partial charge >= 0.3 is 0 Å². The molecule has 0 aromatic heterocycles. The van der Waals surface area contributed by atoms with E-state index in [1.54, 1.807) is 0 Å². The third-order valence-corrected chi connectivity index (χ3v) is 3.68. The summed E-state index contributed by atoms with van der Waals surface area (Å²) < 4.78 is 25.8. The Morgan fingerprint density at radius 3 is 2.69 bits per heavy atom. The van der Waals surface area contributed by atoms with Gasteiger partial charge in [0.05, 0.1) is 15.5 Å². The molecule has 0 fully saturated rings. The fourth-order valence-corrected chi connectivity index (χ4v) is 2.52. The molecular formula is C10H11ClN2O2S. The van der Waals surface area contributed by atoms with E-state index in [0.29, 0.717) is 13.0 Å². The number of rotatable bonds is 4. The Morgan fingerprint density at radius 2 is 2.19 bits per heavy atom. The van der Waals surface area contributed by atoms with Gasteiger partial charge < -0.3 is 0 Å². The molecule has 1 N–H and O–H groups in total. The van der Waals surface area contributed by atoms with E-state index in [4.69, 9.17) is 16.9 Å². The molecule has 0 aliphatic carbocycles. The van der Waals surface area contributed by atoms with Crippen LogP contribution in [0.2, 0.25) is 5.02 Å². The van der Waals surface area contributed by atoms with E-state index in [9.17, 15) is 8.42 Å². The molecule has 4 nitrogen and oxygen atoms in total.